The number of piperidine rings is 1. The number of hydrogen-bond donors (Lipinski definition) is 0. The Morgan fingerprint density at radius 2 is 1.74 bits per heavy atom. The lowest BCUT2D eigenvalue weighted by atomic mass is 9.96. The van der Waals surface area contributed by atoms with Crippen LogP contribution in [-0.4, -0.2) is 50.3 Å². The second kappa shape index (κ2) is 10.4. The highest BCUT2D eigenvalue weighted by Crippen LogP contribution is 2.27. The number of hydrogen-bond acceptors (Lipinski definition) is 4. The van der Waals surface area contributed by atoms with Crippen molar-refractivity contribution in [3.8, 4) is 5.75 Å². The fourth-order valence-corrected chi connectivity index (χ4v) is 5.92. The highest BCUT2D eigenvalue weighted by molar-refractivity contribution is 7.89. The minimum Gasteiger partial charge on any atom is -0.497 e. The van der Waals surface area contributed by atoms with Crippen molar-refractivity contribution in [3.63, 3.8) is 0 Å². The first-order chi connectivity index (χ1) is 16.4. The number of sulfonamides is 1. The first-order valence-corrected chi connectivity index (χ1v) is 12.9. The number of carbonyl (C=O) groups is 1. The fraction of sp³-hybridized carbons (Fsp3) is 0.296. The van der Waals surface area contributed by atoms with Crippen molar-refractivity contribution in [3.05, 3.63) is 84.9 Å². The van der Waals surface area contributed by atoms with Crippen molar-refractivity contribution in [1.82, 2.24) is 9.21 Å². The van der Waals surface area contributed by atoms with Gasteiger partial charge in [0.15, 0.2) is 0 Å². The van der Waals surface area contributed by atoms with Crippen LogP contribution in [0.5, 0.6) is 5.75 Å². The van der Waals surface area contributed by atoms with Crippen molar-refractivity contribution in [2.24, 2.45) is 5.92 Å². The average molecular weight is 479 g/mol. The lowest BCUT2D eigenvalue weighted by molar-refractivity contribution is -0.136. The second-order valence-corrected chi connectivity index (χ2v) is 10.5. The molecule has 1 heterocycles. The van der Waals surface area contributed by atoms with Crippen molar-refractivity contribution >= 4 is 26.7 Å². The van der Waals surface area contributed by atoms with Crippen LogP contribution in [0.1, 0.15) is 18.4 Å². The van der Waals surface area contributed by atoms with Gasteiger partial charge in [-0.15, -0.1) is 6.58 Å². The largest absolute Gasteiger partial charge is 0.497 e. The summed E-state index contributed by atoms with van der Waals surface area (Å²) in [6.45, 7) is 5.38. The molecule has 3 aromatic rings. The maximum absolute atomic E-state index is 13.3. The number of methoxy groups -OCH3 is 1. The zero-order valence-corrected chi connectivity index (χ0v) is 20.2. The normalized spacial score (nSPS) is 15.2. The van der Waals surface area contributed by atoms with Gasteiger partial charge in [-0.2, -0.15) is 4.31 Å². The van der Waals surface area contributed by atoms with E-state index in [1.807, 2.05) is 54.6 Å². The third kappa shape index (κ3) is 5.16. The van der Waals surface area contributed by atoms with E-state index in [4.69, 9.17) is 4.74 Å². The van der Waals surface area contributed by atoms with Gasteiger partial charge in [-0.3, -0.25) is 4.79 Å². The van der Waals surface area contributed by atoms with Gasteiger partial charge in [-0.05, 0) is 53.4 Å². The monoisotopic (exact) mass is 478 g/mol. The lowest BCUT2D eigenvalue weighted by Gasteiger charge is -2.33. The van der Waals surface area contributed by atoms with Gasteiger partial charge in [0, 0.05) is 32.1 Å². The van der Waals surface area contributed by atoms with E-state index in [2.05, 4.69) is 6.58 Å². The molecular formula is C27H30N2O4S. The van der Waals surface area contributed by atoms with E-state index in [-0.39, 0.29) is 11.8 Å². The Morgan fingerprint density at radius 1 is 1.06 bits per heavy atom. The number of carbonyl (C=O) groups excluding carboxylic acids is 1. The van der Waals surface area contributed by atoms with Crippen LogP contribution < -0.4 is 4.74 Å². The summed E-state index contributed by atoms with van der Waals surface area (Å²) in [6.07, 6.45) is 2.73. The van der Waals surface area contributed by atoms with Crippen LogP contribution in [0.4, 0.5) is 0 Å². The van der Waals surface area contributed by atoms with E-state index in [9.17, 15) is 13.2 Å². The van der Waals surface area contributed by atoms with Crippen LogP contribution in [0.2, 0.25) is 0 Å². The van der Waals surface area contributed by atoms with Crippen molar-refractivity contribution in [1.29, 1.82) is 0 Å². The minimum absolute atomic E-state index is 0.0403. The van der Waals surface area contributed by atoms with Crippen LogP contribution in [0.3, 0.4) is 0 Å². The van der Waals surface area contributed by atoms with E-state index in [0.717, 1.165) is 22.1 Å². The number of amides is 1. The summed E-state index contributed by atoms with van der Waals surface area (Å²) in [4.78, 5) is 15.4. The fourth-order valence-electron chi connectivity index (χ4n) is 4.42. The van der Waals surface area contributed by atoms with Crippen LogP contribution in [-0.2, 0) is 21.4 Å². The highest BCUT2D eigenvalue weighted by Gasteiger charge is 2.33. The molecule has 4 rings (SSSR count). The Bertz CT molecular complexity index is 1260. The Labute approximate surface area is 201 Å². The average Bonchev–Trinajstić information content (AvgIpc) is 2.88. The summed E-state index contributed by atoms with van der Waals surface area (Å²) in [6, 6.07) is 20.6. The molecule has 0 atom stereocenters. The molecule has 1 saturated heterocycles. The maximum Gasteiger partial charge on any atom is 0.243 e. The van der Waals surface area contributed by atoms with Gasteiger partial charge in [0.05, 0.1) is 12.0 Å². The Morgan fingerprint density at radius 3 is 2.38 bits per heavy atom. The molecule has 0 unspecified atom stereocenters. The summed E-state index contributed by atoms with van der Waals surface area (Å²) < 4.78 is 33.2. The van der Waals surface area contributed by atoms with E-state index in [1.54, 1.807) is 30.2 Å². The van der Waals surface area contributed by atoms with Gasteiger partial charge >= 0.3 is 0 Å². The first-order valence-electron chi connectivity index (χ1n) is 11.4. The third-order valence-electron chi connectivity index (χ3n) is 6.36. The van der Waals surface area contributed by atoms with E-state index < -0.39 is 10.0 Å². The topological polar surface area (TPSA) is 66.9 Å². The molecule has 0 aliphatic carbocycles. The van der Waals surface area contributed by atoms with Gasteiger partial charge in [0.2, 0.25) is 15.9 Å². The molecule has 7 heteroatoms. The van der Waals surface area contributed by atoms with Crippen LogP contribution in [0.25, 0.3) is 10.8 Å². The zero-order valence-electron chi connectivity index (χ0n) is 19.4. The number of rotatable bonds is 8. The van der Waals surface area contributed by atoms with E-state index in [1.165, 1.54) is 4.31 Å². The predicted molar refractivity (Wildman–Crippen MR) is 134 cm³/mol. The Hall–Kier alpha value is -3.16. The molecule has 1 aliphatic heterocycles. The highest BCUT2D eigenvalue weighted by atomic mass is 32.2. The van der Waals surface area contributed by atoms with Gasteiger partial charge in [-0.1, -0.05) is 48.5 Å². The number of fused-ring (bicyclic) bond motifs is 1. The SMILES string of the molecule is C=CCN(Cc1ccc(OC)cc1)C(=O)C1CCN(S(=O)(=O)c2ccc3ccccc3c2)CC1. The third-order valence-corrected chi connectivity index (χ3v) is 8.25. The van der Waals surface area contributed by atoms with Gasteiger partial charge in [-0.25, -0.2) is 8.42 Å². The number of benzene rings is 3. The Kier molecular flexibility index (Phi) is 7.34. The first kappa shape index (κ1) is 24.0. The lowest BCUT2D eigenvalue weighted by Crippen LogP contribution is -2.44. The molecule has 3 aromatic carbocycles. The summed E-state index contributed by atoms with van der Waals surface area (Å²) in [7, 11) is -1.99. The summed E-state index contributed by atoms with van der Waals surface area (Å²) in [5, 5.41) is 1.90. The van der Waals surface area contributed by atoms with Crippen molar-refractivity contribution < 1.29 is 17.9 Å². The van der Waals surface area contributed by atoms with Crippen molar-refractivity contribution in [2.45, 2.75) is 24.3 Å². The maximum atomic E-state index is 13.3. The minimum atomic E-state index is -3.61. The van der Waals surface area contributed by atoms with E-state index >= 15 is 0 Å². The molecule has 0 spiro atoms. The molecular weight excluding hydrogens is 448 g/mol. The second-order valence-electron chi connectivity index (χ2n) is 8.54. The quantitative estimate of drug-likeness (QED) is 0.448. The molecule has 0 radical (unpaired) electrons. The molecule has 34 heavy (non-hydrogen) atoms. The molecule has 178 valence electrons. The summed E-state index contributed by atoms with van der Waals surface area (Å²) in [5.41, 5.74) is 1.01. The van der Waals surface area contributed by atoms with Crippen LogP contribution >= 0.6 is 0 Å². The molecule has 1 aliphatic rings. The van der Waals surface area contributed by atoms with Crippen LogP contribution in [0, 0.1) is 5.92 Å². The molecule has 0 aromatic heterocycles. The Balaban J connectivity index is 1.42. The standard InChI is InChI=1S/C27H30N2O4S/c1-3-16-28(20-21-8-11-25(33-2)12-9-21)27(30)23-14-17-29(18-15-23)34(31,32)26-13-10-22-6-4-5-7-24(22)19-26/h3-13,19,23H,1,14-18,20H2,2H3. The molecule has 0 bridgehead atoms. The smallest absolute Gasteiger partial charge is 0.243 e. The summed E-state index contributed by atoms with van der Waals surface area (Å²) >= 11 is 0. The molecule has 0 saturated carbocycles. The van der Waals surface area contributed by atoms with Gasteiger partial charge in [0.25, 0.3) is 0 Å². The molecule has 0 N–H and O–H groups in total. The van der Waals surface area contributed by atoms with Gasteiger partial charge < -0.3 is 9.64 Å². The zero-order chi connectivity index (χ0) is 24.1. The predicted octanol–water partition coefficient (Wildman–Crippen LogP) is 4.46. The van der Waals surface area contributed by atoms with Crippen molar-refractivity contribution in [2.75, 3.05) is 26.7 Å². The number of ether oxygens (including phenoxy) is 1. The molecule has 6 nitrogen and oxygen atoms in total. The van der Waals surface area contributed by atoms with Gasteiger partial charge in [0.1, 0.15) is 5.75 Å². The van der Waals surface area contributed by atoms with Crippen LogP contribution in [0.15, 0.2) is 84.3 Å². The molecule has 1 fully saturated rings. The molecule has 1 amide bonds. The number of nitrogens with zero attached hydrogens (tertiary/aromatic N) is 2. The summed E-state index contributed by atoms with van der Waals surface area (Å²) in [5.74, 6) is 0.602. The van der Waals surface area contributed by atoms with E-state index in [0.29, 0.717) is 43.9 Å².